The van der Waals surface area contributed by atoms with Crippen LogP contribution in [0.1, 0.15) is 5.56 Å². The van der Waals surface area contributed by atoms with E-state index < -0.39 is 11.7 Å². The predicted octanol–water partition coefficient (Wildman–Crippen LogP) is 5.11. The first-order chi connectivity index (χ1) is 9.91. The van der Waals surface area contributed by atoms with Crippen molar-refractivity contribution in [1.82, 2.24) is 9.97 Å². The largest absolute Gasteiger partial charge is 0.416 e. The van der Waals surface area contributed by atoms with E-state index in [-0.39, 0.29) is 11.0 Å². The van der Waals surface area contributed by atoms with Crippen LogP contribution in [0.3, 0.4) is 0 Å². The number of hydrogen-bond donors (Lipinski definition) is 1. The van der Waals surface area contributed by atoms with E-state index >= 15 is 0 Å². The zero-order valence-corrected chi connectivity index (χ0v) is 11.9. The summed E-state index contributed by atoms with van der Waals surface area (Å²) in [5.74, 6) is 0.0405. The van der Waals surface area contributed by atoms with Crippen LogP contribution in [0, 0.1) is 0 Å². The van der Waals surface area contributed by atoms with Gasteiger partial charge in [0.2, 0.25) is 0 Å². The minimum atomic E-state index is -4.47. The van der Waals surface area contributed by atoms with Crippen LogP contribution < -0.4 is 5.32 Å². The van der Waals surface area contributed by atoms with Crippen molar-refractivity contribution >= 4 is 44.7 Å². The standard InChI is InChI=1S/C13H7ClF3N3S/c14-11-3-7(13(15,16)17)4-12(20-11)19-8-1-2-9-10(5-8)21-6-18-9/h1-6H,(H,19,20). The molecule has 8 heteroatoms. The Morgan fingerprint density at radius 3 is 2.71 bits per heavy atom. The predicted molar refractivity (Wildman–Crippen MR) is 77.2 cm³/mol. The Morgan fingerprint density at radius 2 is 1.95 bits per heavy atom. The molecule has 0 aliphatic carbocycles. The van der Waals surface area contributed by atoms with Gasteiger partial charge < -0.3 is 5.32 Å². The Bertz CT molecular complexity index is 801. The molecule has 0 bridgehead atoms. The SMILES string of the molecule is FC(F)(F)c1cc(Cl)nc(Nc2ccc3ncsc3c2)c1. The fourth-order valence-corrected chi connectivity index (χ4v) is 2.73. The molecule has 2 aromatic heterocycles. The van der Waals surface area contributed by atoms with Gasteiger partial charge in [0.15, 0.2) is 0 Å². The molecule has 2 heterocycles. The first-order valence-corrected chi connectivity index (χ1v) is 7.03. The van der Waals surface area contributed by atoms with Gasteiger partial charge in [-0.05, 0) is 30.3 Å². The van der Waals surface area contributed by atoms with Crippen molar-refractivity contribution in [2.45, 2.75) is 6.18 Å². The molecular formula is C13H7ClF3N3S. The first-order valence-electron chi connectivity index (χ1n) is 5.77. The number of halogens is 4. The normalized spacial score (nSPS) is 11.8. The average Bonchev–Trinajstić information content (AvgIpc) is 2.84. The summed E-state index contributed by atoms with van der Waals surface area (Å²) < 4.78 is 39.1. The zero-order chi connectivity index (χ0) is 15.0. The maximum Gasteiger partial charge on any atom is 0.416 e. The van der Waals surface area contributed by atoms with Gasteiger partial charge in [-0.1, -0.05) is 11.6 Å². The molecular weight excluding hydrogens is 323 g/mol. The van der Waals surface area contributed by atoms with Crippen LogP contribution >= 0.6 is 22.9 Å². The van der Waals surface area contributed by atoms with Crippen molar-refractivity contribution in [3.8, 4) is 0 Å². The molecule has 1 aromatic carbocycles. The van der Waals surface area contributed by atoms with Crippen LogP contribution in [0.4, 0.5) is 24.7 Å². The second-order valence-corrected chi connectivity index (χ2v) is 5.50. The summed E-state index contributed by atoms with van der Waals surface area (Å²) in [7, 11) is 0. The molecule has 0 spiro atoms. The van der Waals surface area contributed by atoms with Gasteiger partial charge in [-0.15, -0.1) is 11.3 Å². The van der Waals surface area contributed by atoms with E-state index in [0.717, 1.165) is 22.3 Å². The zero-order valence-electron chi connectivity index (χ0n) is 10.3. The monoisotopic (exact) mass is 329 g/mol. The highest BCUT2D eigenvalue weighted by Crippen LogP contribution is 2.33. The van der Waals surface area contributed by atoms with Gasteiger partial charge in [0.25, 0.3) is 0 Å². The summed E-state index contributed by atoms with van der Waals surface area (Å²) in [6.45, 7) is 0. The molecule has 3 rings (SSSR count). The molecule has 21 heavy (non-hydrogen) atoms. The van der Waals surface area contributed by atoms with Crippen molar-refractivity contribution in [2.75, 3.05) is 5.32 Å². The number of benzene rings is 1. The lowest BCUT2D eigenvalue weighted by Gasteiger charge is -2.10. The summed E-state index contributed by atoms with van der Waals surface area (Å²) in [6.07, 6.45) is -4.47. The number of rotatable bonds is 2. The van der Waals surface area contributed by atoms with Crippen LogP contribution in [-0.4, -0.2) is 9.97 Å². The molecule has 0 saturated carbocycles. The van der Waals surface area contributed by atoms with Crippen LogP contribution in [-0.2, 0) is 6.18 Å². The topological polar surface area (TPSA) is 37.8 Å². The van der Waals surface area contributed by atoms with Gasteiger partial charge in [-0.2, -0.15) is 13.2 Å². The number of nitrogens with zero attached hydrogens (tertiary/aromatic N) is 2. The van der Waals surface area contributed by atoms with E-state index in [1.54, 1.807) is 23.7 Å². The highest BCUT2D eigenvalue weighted by molar-refractivity contribution is 7.16. The minimum absolute atomic E-state index is 0.0405. The summed E-state index contributed by atoms with van der Waals surface area (Å²) in [4.78, 5) is 7.99. The Balaban J connectivity index is 1.95. The van der Waals surface area contributed by atoms with Crippen LogP contribution in [0.2, 0.25) is 5.15 Å². The lowest BCUT2D eigenvalue weighted by Crippen LogP contribution is -2.06. The van der Waals surface area contributed by atoms with E-state index in [2.05, 4.69) is 15.3 Å². The van der Waals surface area contributed by atoms with E-state index in [1.807, 2.05) is 0 Å². The summed E-state index contributed by atoms with van der Waals surface area (Å²) in [5, 5.41) is 2.61. The number of pyridine rings is 1. The maximum atomic E-state index is 12.7. The molecule has 108 valence electrons. The second kappa shape index (κ2) is 5.16. The summed E-state index contributed by atoms with van der Waals surface area (Å²) >= 11 is 7.09. The van der Waals surface area contributed by atoms with E-state index in [0.29, 0.717) is 5.69 Å². The molecule has 0 aliphatic rings. The third-order valence-corrected chi connectivity index (χ3v) is 3.71. The van der Waals surface area contributed by atoms with E-state index in [9.17, 15) is 13.2 Å². The van der Waals surface area contributed by atoms with E-state index in [4.69, 9.17) is 11.6 Å². The van der Waals surface area contributed by atoms with Gasteiger partial charge in [-0.25, -0.2) is 9.97 Å². The number of thiazole rings is 1. The summed E-state index contributed by atoms with van der Waals surface area (Å²) in [5.41, 5.74) is 2.31. The fraction of sp³-hybridized carbons (Fsp3) is 0.0769. The quantitative estimate of drug-likeness (QED) is 0.664. The van der Waals surface area contributed by atoms with Crippen LogP contribution in [0.5, 0.6) is 0 Å². The van der Waals surface area contributed by atoms with Crippen molar-refractivity contribution < 1.29 is 13.2 Å². The lowest BCUT2D eigenvalue weighted by atomic mass is 10.2. The average molecular weight is 330 g/mol. The second-order valence-electron chi connectivity index (χ2n) is 4.22. The Kier molecular flexibility index (Phi) is 3.46. The highest BCUT2D eigenvalue weighted by Gasteiger charge is 2.31. The Morgan fingerprint density at radius 1 is 1.14 bits per heavy atom. The molecule has 0 unspecified atom stereocenters. The Labute approximate surface area is 126 Å². The lowest BCUT2D eigenvalue weighted by molar-refractivity contribution is -0.137. The van der Waals surface area contributed by atoms with Gasteiger partial charge >= 0.3 is 6.18 Å². The van der Waals surface area contributed by atoms with Gasteiger partial charge in [0.05, 0.1) is 21.3 Å². The molecule has 0 atom stereocenters. The fourth-order valence-electron chi connectivity index (χ4n) is 1.81. The molecule has 0 saturated heterocycles. The smallest absolute Gasteiger partial charge is 0.340 e. The Hall–Kier alpha value is -1.86. The number of aromatic nitrogens is 2. The van der Waals surface area contributed by atoms with Crippen LogP contribution in [0.15, 0.2) is 35.8 Å². The van der Waals surface area contributed by atoms with Crippen LogP contribution in [0.25, 0.3) is 10.2 Å². The molecule has 0 radical (unpaired) electrons. The molecule has 0 aliphatic heterocycles. The third kappa shape index (κ3) is 3.08. The molecule has 1 N–H and O–H groups in total. The number of fused-ring (bicyclic) bond motifs is 1. The number of alkyl halides is 3. The number of nitrogens with one attached hydrogen (secondary N) is 1. The van der Waals surface area contributed by atoms with Gasteiger partial charge in [0.1, 0.15) is 11.0 Å². The van der Waals surface area contributed by atoms with Gasteiger partial charge in [0, 0.05) is 5.69 Å². The third-order valence-electron chi connectivity index (χ3n) is 2.73. The highest BCUT2D eigenvalue weighted by atomic mass is 35.5. The molecule has 0 amide bonds. The van der Waals surface area contributed by atoms with Crippen molar-refractivity contribution in [3.05, 3.63) is 46.6 Å². The minimum Gasteiger partial charge on any atom is -0.340 e. The van der Waals surface area contributed by atoms with Crippen molar-refractivity contribution in [2.24, 2.45) is 0 Å². The number of hydrogen-bond acceptors (Lipinski definition) is 4. The maximum absolute atomic E-state index is 12.7. The molecule has 3 nitrogen and oxygen atoms in total. The van der Waals surface area contributed by atoms with Gasteiger partial charge in [-0.3, -0.25) is 0 Å². The molecule has 0 fully saturated rings. The van der Waals surface area contributed by atoms with Crippen molar-refractivity contribution in [3.63, 3.8) is 0 Å². The molecule has 3 aromatic rings. The van der Waals surface area contributed by atoms with E-state index in [1.165, 1.54) is 11.3 Å². The summed E-state index contributed by atoms with van der Waals surface area (Å²) in [6, 6.07) is 7.01. The first kappa shape index (κ1) is 14.1. The van der Waals surface area contributed by atoms with Crippen molar-refractivity contribution in [1.29, 1.82) is 0 Å². The number of anilines is 2.